The summed E-state index contributed by atoms with van der Waals surface area (Å²) in [5.74, 6) is 1.62. The van der Waals surface area contributed by atoms with Crippen molar-refractivity contribution in [2.24, 2.45) is 0 Å². The van der Waals surface area contributed by atoms with Crippen LogP contribution in [0.2, 0.25) is 0 Å². The van der Waals surface area contributed by atoms with E-state index in [0.717, 1.165) is 67.3 Å². The second-order valence-electron chi connectivity index (χ2n) is 14.1. The fraction of sp³-hybridized carbons (Fsp3) is 0. The molecule has 1 aliphatic rings. The highest BCUT2D eigenvalue weighted by Crippen LogP contribution is 2.45. The van der Waals surface area contributed by atoms with Gasteiger partial charge in [-0.15, -0.1) is 0 Å². The van der Waals surface area contributed by atoms with Crippen molar-refractivity contribution < 1.29 is 0 Å². The lowest BCUT2D eigenvalue weighted by Gasteiger charge is -2.13. The number of para-hydroxylation sites is 2. The van der Waals surface area contributed by atoms with Crippen LogP contribution in [-0.2, 0) is 0 Å². The summed E-state index contributed by atoms with van der Waals surface area (Å²) in [5.41, 5.74) is 16.2. The molecule has 0 bridgehead atoms. The first kappa shape index (κ1) is 31.1. The van der Waals surface area contributed by atoms with Gasteiger partial charge in [0.2, 0.25) is 0 Å². The molecule has 0 saturated carbocycles. The molecule has 4 heteroatoms. The first-order valence-electron chi connectivity index (χ1n) is 18.6. The van der Waals surface area contributed by atoms with E-state index >= 15 is 0 Å². The van der Waals surface area contributed by atoms with Gasteiger partial charge >= 0.3 is 0 Å². The molecule has 10 aromatic rings. The number of aromatic nitrogens is 4. The maximum Gasteiger partial charge on any atom is 0.160 e. The number of fused-ring (bicyclic) bond motifs is 6. The largest absolute Gasteiger partial charge is 0.291 e. The van der Waals surface area contributed by atoms with Gasteiger partial charge in [-0.2, -0.15) is 0 Å². The molecule has 0 spiro atoms. The Kier molecular flexibility index (Phi) is 7.14. The molecule has 2 aromatic heterocycles. The van der Waals surface area contributed by atoms with Crippen molar-refractivity contribution in [1.29, 1.82) is 0 Å². The number of imidazole rings is 1. The second kappa shape index (κ2) is 12.6. The average molecular weight is 701 g/mol. The van der Waals surface area contributed by atoms with Gasteiger partial charge in [0.1, 0.15) is 5.82 Å². The van der Waals surface area contributed by atoms with Crippen LogP contribution < -0.4 is 0 Å². The van der Waals surface area contributed by atoms with E-state index in [1.54, 1.807) is 0 Å². The summed E-state index contributed by atoms with van der Waals surface area (Å²) in [6, 6.07) is 68.5. The summed E-state index contributed by atoms with van der Waals surface area (Å²) in [4.78, 5) is 15.5. The smallest absolute Gasteiger partial charge is 0.160 e. The summed E-state index contributed by atoms with van der Waals surface area (Å²) in [6.45, 7) is 0. The van der Waals surface area contributed by atoms with Crippen molar-refractivity contribution in [2.45, 2.75) is 0 Å². The van der Waals surface area contributed by atoms with Gasteiger partial charge in [-0.1, -0.05) is 164 Å². The third kappa shape index (κ3) is 5.26. The van der Waals surface area contributed by atoms with Crippen LogP contribution in [0.3, 0.4) is 0 Å². The predicted octanol–water partition coefficient (Wildman–Crippen LogP) is 13.0. The van der Waals surface area contributed by atoms with Crippen LogP contribution in [-0.4, -0.2) is 19.5 Å². The number of benzene rings is 8. The molecule has 0 saturated heterocycles. The molecule has 8 aromatic carbocycles. The summed E-state index contributed by atoms with van der Waals surface area (Å²) >= 11 is 0. The zero-order valence-corrected chi connectivity index (χ0v) is 29.8. The van der Waals surface area contributed by atoms with Crippen LogP contribution in [0.4, 0.5) is 0 Å². The highest BCUT2D eigenvalue weighted by Gasteiger charge is 2.25. The highest BCUT2D eigenvalue weighted by atomic mass is 15.1. The third-order valence-electron chi connectivity index (χ3n) is 10.8. The zero-order chi connectivity index (χ0) is 36.3. The van der Waals surface area contributed by atoms with Crippen LogP contribution in [0.25, 0.3) is 106 Å². The van der Waals surface area contributed by atoms with Gasteiger partial charge in [-0.25, -0.2) is 15.0 Å². The molecule has 3 heterocycles. The second-order valence-corrected chi connectivity index (χ2v) is 14.1. The highest BCUT2D eigenvalue weighted by molar-refractivity contribution is 6.03. The molecule has 0 unspecified atom stereocenters. The van der Waals surface area contributed by atoms with E-state index in [2.05, 4.69) is 193 Å². The maximum absolute atomic E-state index is 5.25. The van der Waals surface area contributed by atoms with Gasteiger partial charge in [0.15, 0.2) is 5.82 Å². The standard InChI is InChI=1S/C51H32N4/c1-2-13-35(14-3-1)46-32-47(39-29-26-33-12-4-5-15-37(33)30-39)53-50(52-46)40-17-10-16-38(31-40)34-24-27-36(28-25-34)51-54-45-22-11-21-44-42-19-7-6-18-41(42)43-20-8-9-23-48(43)55(51)49(44)45/h1-32H. The Balaban J connectivity index is 1.00. The Labute approximate surface area is 318 Å². The lowest BCUT2D eigenvalue weighted by Crippen LogP contribution is -1.99. The molecule has 0 aliphatic carbocycles. The Morgan fingerprint density at radius 3 is 1.76 bits per heavy atom. The van der Waals surface area contributed by atoms with Crippen LogP contribution in [0, 0.1) is 0 Å². The number of nitrogens with zero attached hydrogens (tertiary/aromatic N) is 4. The van der Waals surface area contributed by atoms with E-state index < -0.39 is 0 Å². The van der Waals surface area contributed by atoms with Gasteiger partial charge in [-0.05, 0) is 63.4 Å². The lowest BCUT2D eigenvalue weighted by molar-refractivity contribution is 1.11. The first-order chi connectivity index (χ1) is 27.2. The van der Waals surface area contributed by atoms with Crippen molar-refractivity contribution in [2.75, 3.05) is 0 Å². The minimum Gasteiger partial charge on any atom is -0.291 e. The van der Waals surface area contributed by atoms with Crippen LogP contribution >= 0.6 is 0 Å². The quantitative estimate of drug-likeness (QED) is 0.179. The predicted molar refractivity (Wildman–Crippen MR) is 226 cm³/mol. The van der Waals surface area contributed by atoms with E-state index in [1.165, 1.54) is 33.0 Å². The van der Waals surface area contributed by atoms with Crippen molar-refractivity contribution in [3.8, 4) is 84.4 Å². The van der Waals surface area contributed by atoms with Gasteiger partial charge < -0.3 is 0 Å². The lowest BCUT2D eigenvalue weighted by atomic mass is 9.94. The molecule has 0 fully saturated rings. The Morgan fingerprint density at radius 1 is 0.327 bits per heavy atom. The van der Waals surface area contributed by atoms with Gasteiger partial charge in [0, 0.05) is 33.4 Å². The molecular formula is C51H32N4. The summed E-state index contributed by atoms with van der Waals surface area (Å²) in [5, 5.41) is 2.39. The molecule has 0 atom stereocenters. The molecule has 256 valence electrons. The van der Waals surface area contributed by atoms with Gasteiger partial charge in [-0.3, -0.25) is 4.57 Å². The topological polar surface area (TPSA) is 43.6 Å². The summed E-state index contributed by atoms with van der Waals surface area (Å²) < 4.78 is 2.35. The molecule has 1 aliphatic heterocycles. The molecule has 0 amide bonds. The molecule has 0 N–H and O–H groups in total. The minimum atomic E-state index is 0.692. The molecule has 4 nitrogen and oxygen atoms in total. The Bertz CT molecular complexity index is 3090. The number of rotatable bonds is 5. The molecule has 0 radical (unpaired) electrons. The van der Waals surface area contributed by atoms with Crippen molar-refractivity contribution >= 4 is 21.8 Å². The van der Waals surface area contributed by atoms with Gasteiger partial charge in [0.25, 0.3) is 0 Å². The van der Waals surface area contributed by atoms with E-state index in [4.69, 9.17) is 15.0 Å². The summed E-state index contributed by atoms with van der Waals surface area (Å²) in [7, 11) is 0. The summed E-state index contributed by atoms with van der Waals surface area (Å²) in [6.07, 6.45) is 0. The third-order valence-corrected chi connectivity index (χ3v) is 10.8. The fourth-order valence-electron chi connectivity index (χ4n) is 8.10. The zero-order valence-electron chi connectivity index (χ0n) is 29.8. The normalized spacial score (nSPS) is 11.6. The monoisotopic (exact) mass is 700 g/mol. The first-order valence-corrected chi connectivity index (χ1v) is 18.6. The van der Waals surface area contributed by atoms with Gasteiger partial charge in [0.05, 0.1) is 28.1 Å². The SMILES string of the molecule is c1ccc(-c2cc(-c3ccc4ccccc4c3)nc(-c3cccc(-c4ccc(-c5nc6cccc7c6n5-c5ccccc5-c5ccccc5-7)cc4)c3)n2)cc1. The molecule has 11 rings (SSSR count). The Hall–Kier alpha value is -7.43. The van der Waals surface area contributed by atoms with E-state index in [1.807, 2.05) is 6.07 Å². The number of hydrogen-bond donors (Lipinski definition) is 0. The maximum atomic E-state index is 5.25. The minimum absolute atomic E-state index is 0.692. The number of hydrogen-bond acceptors (Lipinski definition) is 3. The van der Waals surface area contributed by atoms with Crippen molar-refractivity contribution in [3.05, 3.63) is 194 Å². The molecular weight excluding hydrogens is 669 g/mol. The van der Waals surface area contributed by atoms with E-state index in [9.17, 15) is 0 Å². The van der Waals surface area contributed by atoms with Crippen LogP contribution in [0.5, 0.6) is 0 Å². The van der Waals surface area contributed by atoms with Crippen molar-refractivity contribution in [1.82, 2.24) is 19.5 Å². The van der Waals surface area contributed by atoms with E-state index in [0.29, 0.717) is 5.82 Å². The van der Waals surface area contributed by atoms with E-state index in [-0.39, 0.29) is 0 Å². The van der Waals surface area contributed by atoms with Crippen molar-refractivity contribution in [3.63, 3.8) is 0 Å². The van der Waals surface area contributed by atoms with Crippen LogP contribution in [0.15, 0.2) is 194 Å². The molecule has 55 heavy (non-hydrogen) atoms. The fourth-order valence-corrected chi connectivity index (χ4v) is 8.10. The van der Waals surface area contributed by atoms with Crippen LogP contribution in [0.1, 0.15) is 0 Å². The Morgan fingerprint density at radius 2 is 0.927 bits per heavy atom. The average Bonchev–Trinajstić information content (AvgIpc) is 3.61.